The fourth-order valence-corrected chi connectivity index (χ4v) is 0.799. The summed E-state index contributed by atoms with van der Waals surface area (Å²) in [5.74, 6) is 5.72. The Bertz CT molecular complexity index is 189. The van der Waals surface area contributed by atoms with Gasteiger partial charge in [-0.2, -0.15) is 0 Å². The van der Waals surface area contributed by atoms with E-state index >= 15 is 0 Å². The van der Waals surface area contributed by atoms with Crippen LogP contribution in [0.15, 0.2) is 11.6 Å². The molecule has 0 heterocycles. The highest BCUT2D eigenvalue weighted by molar-refractivity contribution is 5.14. The van der Waals surface area contributed by atoms with Gasteiger partial charge in [0.05, 0.1) is 0 Å². The number of rotatable bonds is 3. The predicted molar refractivity (Wildman–Crippen MR) is 52.7 cm³/mol. The number of hydrogen-bond donors (Lipinski definition) is 1. The summed E-state index contributed by atoms with van der Waals surface area (Å²) in [6.07, 6.45) is 4.36. The lowest BCUT2D eigenvalue weighted by Crippen LogP contribution is -1.97. The molecule has 1 heteroatoms. The highest BCUT2D eigenvalue weighted by Gasteiger charge is 1.90. The van der Waals surface area contributed by atoms with Gasteiger partial charge in [-0.3, -0.25) is 0 Å². The molecule has 0 aliphatic carbocycles. The van der Waals surface area contributed by atoms with Crippen molar-refractivity contribution in [2.24, 2.45) is 0 Å². The molecule has 68 valence electrons. The van der Waals surface area contributed by atoms with Gasteiger partial charge in [-0.25, -0.2) is 0 Å². The zero-order chi connectivity index (χ0) is 9.40. The van der Waals surface area contributed by atoms with Crippen LogP contribution in [0.25, 0.3) is 0 Å². The lowest BCUT2D eigenvalue weighted by Gasteiger charge is -1.94. The van der Waals surface area contributed by atoms with Gasteiger partial charge in [0.25, 0.3) is 0 Å². The van der Waals surface area contributed by atoms with Crippen LogP contribution < -0.4 is 0 Å². The lowest BCUT2D eigenvalue weighted by molar-refractivity contribution is 0.279. The number of aliphatic hydroxyl groups is 1. The minimum Gasteiger partial charge on any atom is -0.377 e. The van der Waals surface area contributed by atoms with Crippen LogP contribution in [0.5, 0.6) is 0 Å². The third-order valence-electron chi connectivity index (χ3n) is 1.40. The molecule has 0 aliphatic heterocycles. The molecule has 0 amide bonds. The normalized spacial score (nSPS) is 11.3. The summed E-state index contributed by atoms with van der Waals surface area (Å²) in [5, 5.41) is 9.27. The molecule has 12 heavy (non-hydrogen) atoms. The number of aliphatic hydroxyl groups excluding tert-OH is 1. The highest BCUT2D eigenvalue weighted by Crippen LogP contribution is 1.94. The van der Waals surface area contributed by atoms with Crippen molar-refractivity contribution in [3.05, 3.63) is 11.6 Å². The molecule has 0 radical (unpaired) electrons. The molecule has 0 saturated heterocycles. The van der Waals surface area contributed by atoms with E-state index in [1.54, 1.807) is 6.08 Å². The van der Waals surface area contributed by atoms with Gasteiger partial charge in [0.15, 0.2) is 0 Å². The van der Waals surface area contributed by atoms with Crippen LogP contribution in [0.4, 0.5) is 0 Å². The molecular weight excluding hydrogens is 148 g/mol. The van der Waals surface area contributed by atoms with E-state index in [1.165, 1.54) is 0 Å². The van der Waals surface area contributed by atoms with Crippen molar-refractivity contribution in [2.45, 2.75) is 46.1 Å². The van der Waals surface area contributed by atoms with Gasteiger partial charge in [0.1, 0.15) is 6.10 Å². The maximum absolute atomic E-state index is 9.27. The van der Waals surface area contributed by atoms with Crippen LogP contribution >= 0.6 is 0 Å². The smallest absolute Gasteiger partial charge is 0.133 e. The van der Waals surface area contributed by atoms with Gasteiger partial charge in [0, 0.05) is 6.42 Å². The van der Waals surface area contributed by atoms with Crippen molar-refractivity contribution >= 4 is 0 Å². The van der Waals surface area contributed by atoms with Crippen LogP contribution in [-0.4, -0.2) is 11.2 Å². The van der Waals surface area contributed by atoms with E-state index in [4.69, 9.17) is 0 Å². The first-order valence-corrected chi connectivity index (χ1v) is 4.48. The van der Waals surface area contributed by atoms with Gasteiger partial charge in [-0.15, -0.1) is 5.92 Å². The third-order valence-corrected chi connectivity index (χ3v) is 1.40. The monoisotopic (exact) mass is 166 g/mol. The summed E-state index contributed by atoms with van der Waals surface area (Å²) in [6.45, 7) is 6.04. The second kappa shape index (κ2) is 6.94. The fourth-order valence-electron chi connectivity index (χ4n) is 0.799. The molecule has 0 spiro atoms. The second-order valence-electron chi connectivity index (χ2n) is 3.11. The second-order valence-corrected chi connectivity index (χ2v) is 3.11. The van der Waals surface area contributed by atoms with E-state index in [1.807, 2.05) is 13.8 Å². The van der Waals surface area contributed by atoms with Gasteiger partial charge in [-0.05, 0) is 26.3 Å². The summed E-state index contributed by atoms with van der Waals surface area (Å²) >= 11 is 0. The number of hydrogen-bond acceptors (Lipinski definition) is 1. The van der Waals surface area contributed by atoms with Gasteiger partial charge in [-0.1, -0.05) is 24.8 Å². The first-order chi connectivity index (χ1) is 5.66. The third kappa shape index (κ3) is 7.37. The van der Waals surface area contributed by atoms with Crippen LogP contribution in [0.1, 0.15) is 40.0 Å². The molecular formula is C11H18O. The first-order valence-electron chi connectivity index (χ1n) is 4.48. The van der Waals surface area contributed by atoms with Crippen molar-refractivity contribution < 1.29 is 5.11 Å². The Kier molecular flexibility index (Phi) is 6.51. The molecule has 0 aromatic carbocycles. The topological polar surface area (TPSA) is 20.2 Å². The molecule has 0 fully saturated rings. The Morgan fingerprint density at radius 3 is 2.67 bits per heavy atom. The Labute approximate surface area is 75.5 Å². The molecule has 0 saturated carbocycles. The molecule has 0 bridgehead atoms. The fraction of sp³-hybridized carbons (Fsp3) is 0.636. The van der Waals surface area contributed by atoms with Crippen molar-refractivity contribution in [1.29, 1.82) is 0 Å². The zero-order valence-electron chi connectivity index (χ0n) is 8.22. The van der Waals surface area contributed by atoms with Crippen LogP contribution in [0, 0.1) is 11.8 Å². The van der Waals surface area contributed by atoms with E-state index < -0.39 is 6.10 Å². The molecule has 0 rings (SSSR count). The van der Waals surface area contributed by atoms with Crippen molar-refractivity contribution in [1.82, 2.24) is 0 Å². The van der Waals surface area contributed by atoms with Gasteiger partial charge < -0.3 is 5.11 Å². The average molecular weight is 166 g/mol. The maximum atomic E-state index is 9.27. The SMILES string of the molecule is CCCCC#C[C@@H](O)C=C(C)C. The molecule has 1 nitrogen and oxygen atoms in total. The molecule has 1 N–H and O–H groups in total. The zero-order valence-corrected chi connectivity index (χ0v) is 8.22. The predicted octanol–water partition coefficient (Wildman–Crippen LogP) is 2.51. The van der Waals surface area contributed by atoms with Crippen LogP contribution in [-0.2, 0) is 0 Å². The minimum atomic E-state index is -0.577. The highest BCUT2D eigenvalue weighted by atomic mass is 16.3. The first kappa shape index (κ1) is 11.3. The quantitative estimate of drug-likeness (QED) is 0.388. The van der Waals surface area contributed by atoms with Crippen LogP contribution in [0.3, 0.4) is 0 Å². The average Bonchev–Trinajstić information content (AvgIpc) is 1.97. The largest absolute Gasteiger partial charge is 0.377 e. The van der Waals surface area contributed by atoms with Crippen molar-refractivity contribution in [3.63, 3.8) is 0 Å². The molecule has 0 aliphatic rings. The number of allylic oxidation sites excluding steroid dienone is 1. The van der Waals surface area contributed by atoms with E-state index in [0.29, 0.717) is 0 Å². The van der Waals surface area contributed by atoms with Crippen molar-refractivity contribution in [3.8, 4) is 11.8 Å². The standard InChI is InChI=1S/C11H18O/c1-4-5-6-7-8-11(12)9-10(2)3/h9,11-12H,4-6H2,1-3H3/t11-/m1/s1. The Morgan fingerprint density at radius 2 is 2.17 bits per heavy atom. The molecule has 0 aromatic rings. The van der Waals surface area contributed by atoms with Crippen molar-refractivity contribution in [2.75, 3.05) is 0 Å². The van der Waals surface area contributed by atoms with E-state index in [2.05, 4.69) is 18.8 Å². The molecule has 0 unspecified atom stereocenters. The number of unbranched alkanes of at least 4 members (excludes halogenated alkanes) is 2. The minimum absolute atomic E-state index is 0.577. The van der Waals surface area contributed by atoms with E-state index in [-0.39, 0.29) is 0 Å². The van der Waals surface area contributed by atoms with E-state index in [0.717, 1.165) is 24.8 Å². The Morgan fingerprint density at radius 1 is 1.50 bits per heavy atom. The summed E-state index contributed by atoms with van der Waals surface area (Å²) < 4.78 is 0. The van der Waals surface area contributed by atoms with E-state index in [9.17, 15) is 5.11 Å². The Balaban J connectivity index is 3.72. The van der Waals surface area contributed by atoms with Gasteiger partial charge in [0.2, 0.25) is 0 Å². The summed E-state index contributed by atoms with van der Waals surface area (Å²) in [4.78, 5) is 0. The van der Waals surface area contributed by atoms with Crippen LogP contribution in [0.2, 0.25) is 0 Å². The summed E-state index contributed by atoms with van der Waals surface area (Å²) in [7, 11) is 0. The van der Waals surface area contributed by atoms with Gasteiger partial charge >= 0.3 is 0 Å². The summed E-state index contributed by atoms with van der Waals surface area (Å²) in [6, 6.07) is 0. The Hall–Kier alpha value is -0.740. The molecule has 1 atom stereocenters. The molecule has 0 aromatic heterocycles. The maximum Gasteiger partial charge on any atom is 0.133 e. The summed E-state index contributed by atoms with van der Waals surface area (Å²) in [5.41, 5.74) is 1.10. The lowest BCUT2D eigenvalue weighted by atomic mass is 10.2.